The van der Waals surface area contributed by atoms with Gasteiger partial charge in [-0.25, -0.2) is 9.78 Å². The predicted octanol–water partition coefficient (Wildman–Crippen LogP) is 5.53. The van der Waals surface area contributed by atoms with Crippen LogP contribution < -0.4 is 5.32 Å². The smallest absolute Gasteiger partial charge is 0.435 e. The highest BCUT2D eigenvalue weighted by molar-refractivity contribution is 6.02. The number of nitrogens with one attached hydrogen (secondary N) is 1. The van der Waals surface area contributed by atoms with Gasteiger partial charge in [0.1, 0.15) is 17.1 Å². The second kappa shape index (κ2) is 8.61. The highest BCUT2D eigenvalue weighted by Crippen LogP contribution is 2.50. The Morgan fingerprint density at radius 1 is 1.00 bits per heavy atom. The number of oxime groups is 1. The number of benzene rings is 1. The molecule has 6 nitrogen and oxygen atoms in total. The Kier molecular flexibility index (Phi) is 6.42. The number of carbonyl (C=O) groups excluding carboxylic acids is 1. The van der Waals surface area contributed by atoms with Gasteiger partial charge in [0, 0.05) is 12.6 Å². The number of hydrogen-bond acceptors (Lipinski definition) is 6. The fourth-order valence-electron chi connectivity index (χ4n) is 3.31. The first-order valence-corrected chi connectivity index (χ1v) is 9.42. The average molecular weight is 515 g/mol. The molecule has 3 rings (SSSR count). The van der Waals surface area contributed by atoms with Crippen molar-refractivity contribution in [3.63, 3.8) is 0 Å². The Morgan fingerprint density at radius 3 is 2.03 bits per heavy atom. The third-order valence-electron chi connectivity index (χ3n) is 5.07. The summed E-state index contributed by atoms with van der Waals surface area (Å²) in [4.78, 5) is 20.3. The van der Waals surface area contributed by atoms with Crippen molar-refractivity contribution in [1.29, 1.82) is 0 Å². The molecule has 190 valence electrons. The lowest BCUT2D eigenvalue weighted by atomic mass is 9.85. The second-order valence-electron chi connectivity index (χ2n) is 7.26. The van der Waals surface area contributed by atoms with E-state index in [9.17, 15) is 44.3 Å². The number of ether oxygens (including phenoxy) is 1. The summed E-state index contributed by atoms with van der Waals surface area (Å²) >= 11 is 0. The van der Waals surface area contributed by atoms with Crippen LogP contribution in [-0.4, -0.2) is 37.0 Å². The Bertz CT molecular complexity index is 1140. The fraction of sp³-hybridized carbons (Fsp3) is 0.350. The van der Waals surface area contributed by atoms with Crippen LogP contribution >= 0.6 is 0 Å². The number of hydrogen-bond donors (Lipinski definition) is 1. The third kappa shape index (κ3) is 4.84. The minimum atomic E-state index is -5.48. The molecule has 1 aromatic carbocycles. The van der Waals surface area contributed by atoms with E-state index in [-0.39, 0.29) is 35.3 Å². The normalized spacial score (nSPS) is 18.7. The lowest BCUT2D eigenvalue weighted by molar-refractivity contribution is -0.276. The van der Waals surface area contributed by atoms with Gasteiger partial charge in [0.25, 0.3) is 5.60 Å². The maximum absolute atomic E-state index is 14.2. The van der Waals surface area contributed by atoms with Crippen molar-refractivity contribution < 1.29 is 53.9 Å². The maximum Gasteiger partial charge on any atom is 0.435 e. The van der Waals surface area contributed by atoms with E-state index in [1.165, 1.54) is 7.05 Å². The molecule has 0 bridgehead atoms. The first-order valence-electron chi connectivity index (χ1n) is 9.42. The van der Waals surface area contributed by atoms with Crippen LogP contribution in [0.5, 0.6) is 0 Å². The van der Waals surface area contributed by atoms with Crippen LogP contribution in [-0.2, 0) is 27.5 Å². The lowest BCUT2D eigenvalue weighted by Crippen LogP contribution is -2.43. The van der Waals surface area contributed by atoms with E-state index in [2.05, 4.69) is 25.0 Å². The van der Waals surface area contributed by atoms with Gasteiger partial charge in [0.15, 0.2) is 0 Å². The van der Waals surface area contributed by atoms with E-state index < -0.39 is 58.9 Å². The van der Waals surface area contributed by atoms with Crippen molar-refractivity contribution in [3.05, 3.63) is 58.3 Å². The van der Waals surface area contributed by atoms with Crippen molar-refractivity contribution in [3.8, 4) is 0 Å². The van der Waals surface area contributed by atoms with Crippen LogP contribution in [0, 0.1) is 0 Å². The second-order valence-corrected chi connectivity index (χ2v) is 7.26. The predicted molar refractivity (Wildman–Crippen MR) is 102 cm³/mol. The molecule has 0 fully saturated rings. The summed E-state index contributed by atoms with van der Waals surface area (Å²) in [5.41, 5.74) is -9.87. The molecule has 0 saturated heterocycles. The molecule has 1 aliphatic heterocycles. The van der Waals surface area contributed by atoms with Gasteiger partial charge in [0.2, 0.25) is 0 Å². The van der Waals surface area contributed by atoms with Crippen LogP contribution in [0.3, 0.4) is 0 Å². The van der Waals surface area contributed by atoms with E-state index in [0.717, 1.165) is 19.2 Å². The van der Waals surface area contributed by atoms with E-state index in [4.69, 9.17) is 0 Å². The number of anilines is 1. The topological polar surface area (TPSA) is 72.8 Å². The highest BCUT2D eigenvalue weighted by Gasteiger charge is 2.63. The molecule has 2 heterocycles. The fourth-order valence-corrected chi connectivity index (χ4v) is 3.31. The Labute approximate surface area is 190 Å². The van der Waals surface area contributed by atoms with Crippen LogP contribution in [0.2, 0.25) is 0 Å². The van der Waals surface area contributed by atoms with Gasteiger partial charge in [-0.15, -0.1) is 0 Å². The number of esters is 1. The number of nitrogens with zero attached hydrogens (tertiary/aromatic N) is 2. The minimum absolute atomic E-state index is 0.0615. The molecule has 0 saturated carbocycles. The molecular formula is C20H14F9N3O3. The monoisotopic (exact) mass is 515 g/mol. The Balaban J connectivity index is 2.13. The zero-order valence-electron chi connectivity index (χ0n) is 17.6. The molecule has 1 N–H and O–H groups in total. The van der Waals surface area contributed by atoms with E-state index in [0.29, 0.717) is 0 Å². The van der Waals surface area contributed by atoms with E-state index >= 15 is 0 Å². The van der Waals surface area contributed by atoms with Crippen LogP contribution in [0.4, 0.5) is 45.3 Å². The summed E-state index contributed by atoms with van der Waals surface area (Å²) in [6.45, 7) is 0. The van der Waals surface area contributed by atoms with Crippen molar-refractivity contribution in [1.82, 2.24) is 4.98 Å². The van der Waals surface area contributed by atoms with Gasteiger partial charge in [-0.1, -0.05) is 5.16 Å². The number of carbonyl (C=O) groups is 1. The first-order chi connectivity index (χ1) is 16.0. The molecule has 0 radical (unpaired) electrons. The summed E-state index contributed by atoms with van der Waals surface area (Å²) < 4.78 is 126. The molecule has 1 atom stereocenters. The standard InChI is InChI=1S/C20H14F9N3O3/c1-30-15-12(16(33)34-2)3-4-13(31-15)14-8-17(35-32-14,20(27,28)29)9-5-10(18(21,22)23)7-11(6-9)19(24,25)26/h3-7H,8H2,1-2H3,(H,30,31). The van der Waals surface area contributed by atoms with Gasteiger partial charge in [0.05, 0.1) is 30.4 Å². The zero-order chi connectivity index (χ0) is 26.4. The van der Waals surface area contributed by atoms with Gasteiger partial charge in [-0.3, -0.25) is 0 Å². The van der Waals surface area contributed by atoms with Crippen molar-refractivity contribution in [2.75, 3.05) is 19.5 Å². The maximum atomic E-state index is 14.2. The summed E-state index contributed by atoms with van der Waals surface area (Å²) in [5.74, 6) is -0.953. The van der Waals surface area contributed by atoms with Crippen molar-refractivity contribution >= 4 is 17.5 Å². The van der Waals surface area contributed by atoms with Crippen molar-refractivity contribution in [2.24, 2.45) is 5.16 Å². The van der Waals surface area contributed by atoms with Crippen LogP contribution in [0.1, 0.15) is 39.2 Å². The number of aromatic nitrogens is 1. The molecule has 0 spiro atoms. The number of alkyl halides is 9. The van der Waals surface area contributed by atoms with E-state index in [1.54, 1.807) is 0 Å². The van der Waals surface area contributed by atoms with Crippen LogP contribution in [0.15, 0.2) is 35.5 Å². The Hall–Kier alpha value is -3.52. The van der Waals surface area contributed by atoms with E-state index in [1.807, 2.05) is 0 Å². The minimum Gasteiger partial charge on any atom is -0.465 e. The Morgan fingerprint density at radius 2 is 1.57 bits per heavy atom. The summed E-state index contributed by atoms with van der Waals surface area (Å²) in [5, 5.41) is 5.81. The van der Waals surface area contributed by atoms with Crippen molar-refractivity contribution in [2.45, 2.75) is 30.6 Å². The van der Waals surface area contributed by atoms with Gasteiger partial charge >= 0.3 is 24.5 Å². The number of methoxy groups -OCH3 is 1. The summed E-state index contributed by atoms with van der Waals surface area (Å²) in [7, 11) is 2.42. The zero-order valence-corrected chi connectivity index (χ0v) is 17.6. The van der Waals surface area contributed by atoms with Gasteiger partial charge in [-0.2, -0.15) is 39.5 Å². The molecule has 15 heteroatoms. The molecule has 2 aromatic rings. The molecule has 1 aliphatic rings. The highest BCUT2D eigenvalue weighted by atomic mass is 19.4. The van der Waals surface area contributed by atoms with Gasteiger partial charge < -0.3 is 14.9 Å². The van der Waals surface area contributed by atoms with Gasteiger partial charge in [-0.05, 0) is 30.3 Å². The average Bonchev–Trinajstić information content (AvgIpc) is 3.23. The molecular weight excluding hydrogens is 501 g/mol. The molecule has 1 aromatic heterocycles. The van der Waals surface area contributed by atoms with Crippen LogP contribution in [0.25, 0.3) is 0 Å². The largest absolute Gasteiger partial charge is 0.465 e. The number of rotatable bonds is 4. The molecule has 0 amide bonds. The number of halogens is 9. The lowest BCUT2D eigenvalue weighted by Gasteiger charge is -2.30. The quantitative estimate of drug-likeness (QED) is 0.429. The number of pyridine rings is 1. The molecule has 35 heavy (non-hydrogen) atoms. The first kappa shape index (κ1) is 26.1. The summed E-state index contributed by atoms with van der Waals surface area (Å²) in [6, 6.07) is 1.80. The summed E-state index contributed by atoms with van der Waals surface area (Å²) in [6.07, 6.45) is -17.5. The SMILES string of the molecule is CNc1nc(C2=NOC(c3cc(C(F)(F)F)cc(C(F)(F)F)c3)(C(F)(F)F)C2)ccc1C(=O)OC. The third-order valence-corrected chi connectivity index (χ3v) is 5.07. The molecule has 0 aliphatic carbocycles. The molecule has 1 unspecified atom stereocenters.